The quantitative estimate of drug-likeness (QED) is 0.702. The van der Waals surface area contributed by atoms with Crippen LogP contribution in [0.2, 0.25) is 0 Å². The number of piperazine rings is 1. The smallest absolute Gasteiger partial charge is 0.291 e. The van der Waals surface area contributed by atoms with Crippen LogP contribution in [0.1, 0.15) is 28.6 Å². The molecule has 4 rings (SSSR count). The van der Waals surface area contributed by atoms with Crippen molar-refractivity contribution in [3.63, 3.8) is 0 Å². The maximum absolute atomic E-state index is 13.5. The van der Waals surface area contributed by atoms with Gasteiger partial charge in [0.1, 0.15) is 11.4 Å². The van der Waals surface area contributed by atoms with E-state index in [1.54, 1.807) is 13.0 Å². The van der Waals surface area contributed by atoms with Crippen molar-refractivity contribution in [3.05, 3.63) is 59.1 Å². The summed E-state index contributed by atoms with van der Waals surface area (Å²) >= 11 is 0. The Morgan fingerprint density at radius 3 is 2.55 bits per heavy atom. The molecule has 2 heterocycles. The predicted octanol–water partition coefficient (Wildman–Crippen LogP) is 4.58. The van der Waals surface area contributed by atoms with E-state index >= 15 is 0 Å². The summed E-state index contributed by atoms with van der Waals surface area (Å²) in [5.74, 6) is -0.467. The highest BCUT2D eigenvalue weighted by Crippen LogP contribution is 2.28. The molecule has 0 bridgehead atoms. The minimum absolute atomic E-state index is 0.211. The first kappa shape index (κ1) is 19.5. The monoisotopic (exact) mass is 395 g/mol. The van der Waals surface area contributed by atoms with Crippen LogP contribution in [-0.2, 0) is 0 Å². The molecule has 6 heteroatoms. The van der Waals surface area contributed by atoms with Gasteiger partial charge >= 0.3 is 0 Å². The zero-order valence-electron chi connectivity index (χ0n) is 17.1. The molecule has 0 atom stereocenters. The molecule has 1 N–H and O–H groups in total. The summed E-state index contributed by atoms with van der Waals surface area (Å²) in [5, 5.41) is 3.53. The van der Waals surface area contributed by atoms with Gasteiger partial charge in [0.15, 0.2) is 5.76 Å². The minimum atomic E-state index is -0.348. The number of furan rings is 1. The normalized spacial score (nSPS) is 15.1. The number of nitrogens with zero attached hydrogens (tertiary/aromatic N) is 2. The molecule has 5 nitrogen and oxygen atoms in total. The Morgan fingerprint density at radius 1 is 1.10 bits per heavy atom. The van der Waals surface area contributed by atoms with E-state index in [2.05, 4.69) is 35.0 Å². The van der Waals surface area contributed by atoms with Crippen molar-refractivity contribution < 1.29 is 13.6 Å². The van der Waals surface area contributed by atoms with Gasteiger partial charge in [-0.15, -0.1) is 0 Å². The molecular weight excluding hydrogens is 369 g/mol. The SMILES string of the molecule is CCN1CCN(c2ccc(NC(=O)c3oc4ccc(F)cc4c3C)cc2C)CC1. The summed E-state index contributed by atoms with van der Waals surface area (Å²) < 4.78 is 19.2. The zero-order chi connectivity index (χ0) is 20.5. The highest BCUT2D eigenvalue weighted by molar-refractivity contribution is 6.06. The first-order valence-corrected chi connectivity index (χ1v) is 10.0. The number of aryl methyl sites for hydroxylation is 2. The third-order valence-corrected chi connectivity index (χ3v) is 5.72. The van der Waals surface area contributed by atoms with Gasteiger partial charge in [0.25, 0.3) is 5.91 Å². The van der Waals surface area contributed by atoms with Gasteiger partial charge in [-0.3, -0.25) is 4.79 Å². The van der Waals surface area contributed by atoms with E-state index in [4.69, 9.17) is 4.42 Å². The molecule has 29 heavy (non-hydrogen) atoms. The topological polar surface area (TPSA) is 48.7 Å². The molecule has 152 valence electrons. The highest BCUT2D eigenvalue weighted by atomic mass is 19.1. The molecule has 2 aromatic carbocycles. The largest absolute Gasteiger partial charge is 0.451 e. The maximum Gasteiger partial charge on any atom is 0.291 e. The van der Waals surface area contributed by atoms with Gasteiger partial charge in [-0.05, 0) is 62.4 Å². The second-order valence-electron chi connectivity index (χ2n) is 7.57. The zero-order valence-corrected chi connectivity index (χ0v) is 17.1. The Hall–Kier alpha value is -2.86. The summed E-state index contributed by atoms with van der Waals surface area (Å²) in [6.45, 7) is 11.3. The fraction of sp³-hybridized carbons (Fsp3) is 0.348. The van der Waals surface area contributed by atoms with E-state index < -0.39 is 0 Å². The number of anilines is 2. The fourth-order valence-corrected chi connectivity index (χ4v) is 3.99. The van der Waals surface area contributed by atoms with Gasteiger partial charge in [0.2, 0.25) is 0 Å². The number of benzene rings is 2. The first-order chi connectivity index (χ1) is 14.0. The summed E-state index contributed by atoms with van der Waals surface area (Å²) in [6, 6.07) is 10.2. The average Bonchev–Trinajstić information content (AvgIpc) is 3.04. The highest BCUT2D eigenvalue weighted by Gasteiger charge is 2.20. The van der Waals surface area contributed by atoms with E-state index in [9.17, 15) is 9.18 Å². The van der Waals surface area contributed by atoms with Crippen molar-refractivity contribution >= 4 is 28.3 Å². The van der Waals surface area contributed by atoms with Crippen molar-refractivity contribution in [2.24, 2.45) is 0 Å². The van der Waals surface area contributed by atoms with E-state index in [-0.39, 0.29) is 17.5 Å². The molecule has 0 spiro atoms. The summed E-state index contributed by atoms with van der Waals surface area (Å²) in [4.78, 5) is 17.6. The van der Waals surface area contributed by atoms with Crippen molar-refractivity contribution in [1.29, 1.82) is 0 Å². The van der Waals surface area contributed by atoms with Crippen LogP contribution in [0.25, 0.3) is 11.0 Å². The van der Waals surface area contributed by atoms with Crippen molar-refractivity contribution in [1.82, 2.24) is 4.90 Å². The van der Waals surface area contributed by atoms with Crippen molar-refractivity contribution in [3.8, 4) is 0 Å². The molecule has 1 aliphatic heterocycles. The van der Waals surface area contributed by atoms with Gasteiger partial charge in [-0.2, -0.15) is 0 Å². The van der Waals surface area contributed by atoms with Gasteiger partial charge < -0.3 is 19.5 Å². The molecule has 0 saturated carbocycles. The number of hydrogen-bond acceptors (Lipinski definition) is 4. The summed E-state index contributed by atoms with van der Waals surface area (Å²) in [6.07, 6.45) is 0. The molecule has 1 fully saturated rings. The lowest BCUT2D eigenvalue weighted by atomic mass is 10.1. The summed E-state index contributed by atoms with van der Waals surface area (Å²) in [5.41, 5.74) is 4.19. The minimum Gasteiger partial charge on any atom is -0.451 e. The van der Waals surface area contributed by atoms with Gasteiger partial charge in [0.05, 0.1) is 0 Å². The first-order valence-electron chi connectivity index (χ1n) is 10.0. The molecule has 1 aromatic heterocycles. The number of fused-ring (bicyclic) bond motifs is 1. The van der Waals surface area contributed by atoms with Crippen LogP contribution in [-0.4, -0.2) is 43.5 Å². The van der Waals surface area contributed by atoms with E-state index in [0.29, 0.717) is 16.5 Å². The van der Waals surface area contributed by atoms with Crippen LogP contribution in [0.3, 0.4) is 0 Å². The Labute approximate surface area is 170 Å². The fourth-order valence-electron chi connectivity index (χ4n) is 3.99. The number of amides is 1. The second kappa shape index (κ2) is 7.87. The third-order valence-electron chi connectivity index (χ3n) is 5.72. The Bertz CT molecular complexity index is 1050. The van der Waals surface area contributed by atoms with E-state index in [0.717, 1.165) is 44.0 Å². The average molecular weight is 395 g/mol. The standard InChI is InChI=1S/C23H26FN3O2/c1-4-26-9-11-27(12-10-26)20-7-6-18(13-15(20)2)25-23(28)22-16(3)19-14-17(24)5-8-21(19)29-22/h5-8,13-14H,4,9-12H2,1-3H3,(H,25,28). The van der Waals surface area contributed by atoms with E-state index in [1.807, 2.05) is 12.1 Å². The molecule has 1 amide bonds. The van der Waals surface area contributed by atoms with Crippen LogP contribution < -0.4 is 10.2 Å². The number of rotatable bonds is 4. The third kappa shape index (κ3) is 3.85. The molecule has 0 unspecified atom stereocenters. The van der Waals surface area contributed by atoms with E-state index in [1.165, 1.54) is 17.8 Å². The van der Waals surface area contributed by atoms with Crippen LogP contribution in [0.4, 0.5) is 15.8 Å². The molecular formula is C23H26FN3O2. The lowest BCUT2D eigenvalue weighted by molar-refractivity contribution is 0.0998. The molecule has 0 aliphatic carbocycles. The Balaban J connectivity index is 1.51. The number of carbonyl (C=O) groups excluding carboxylic acids is 1. The molecule has 3 aromatic rings. The number of nitrogens with one attached hydrogen (secondary N) is 1. The predicted molar refractivity (Wildman–Crippen MR) is 114 cm³/mol. The number of hydrogen-bond donors (Lipinski definition) is 1. The van der Waals surface area contributed by atoms with Gasteiger partial charge in [0, 0.05) is 48.5 Å². The van der Waals surface area contributed by atoms with Crippen molar-refractivity contribution in [2.45, 2.75) is 20.8 Å². The van der Waals surface area contributed by atoms with Crippen LogP contribution in [0.5, 0.6) is 0 Å². The molecule has 1 aliphatic rings. The van der Waals surface area contributed by atoms with Gasteiger partial charge in [-0.1, -0.05) is 6.92 Å². The summed E-state index contributed by atoms with van der Waals surface area (Å²) in [7, 11) is 0. The van der Waals surface area contributed by atoms with Gasteiger partial charge in [-0.25, -0.2) is 4.39 Å². The Morgan fingerprint density at radius 2 is 1.86 bits per heavy atom. The molecule has 1 saturated heterocycles. The maximum atomic E-state index is 13.5. The van der Waals surface area contributed by atoms with Crippen LogP contribution in [0.15, 0.2) is 40.8 Å². The van der Waals surface area contributed by atoms with Crippen molar-refractivity contribution in [2.75, 3.05) is 42.9 Å². The molecule has 0 radical (unpaired) electrons. The number of likely N-dealkylation sites (N-methyl/N-ethyl adjacent to an activating group) is 1. The Kier molecular flexibility index (Phi) is 5.28. The number of carbonyl (C=O) groups is 1. The second-order valence-corrected chi connectivity index (χ2v) is 7.57. The van der Waals surface area contributed by atoms with Crippen LogP contribution in [0, 0.1) is 19.7 Å². The lowest BCUT2D eigenvalue weighted by Gasteiger charge is -2.36. The van der Waals surface area contributed by atoms with Crippen LogP contribution >= 0.6 is 0 Å². The lowest BCUT2D eigenvalue weighted by Crippen LogP contribution is -2.46. The number of halogens is 1.